The van der Waals surface area contributed by atoms with Crippen LogP contribution < -0.4 is 13.3 Å². The molecule has 2 aromatic heterocycles. The zero-order chi connectivity index (χ0) is 23.4. The van der Waals surface area contributed by atoms with Crippen LogP contribution in [0.4, 0.5) is 0 Å². The quantitative estimate of drug-likeness (QED) is 0.151. The van der Waals surface area contributed by atoms with E-state index in [9.17, 15) is 0 Å². The first-order chi connectivity index (χ1) is 15.3. The van der Waals surface area contributed by atoms with E-state index in [2.05, 4.69) is 77.3 Å². The Balaban J connectivity index is 1.99. The van der Waals surface area contributed by atoms with Gasteiger partial charge in [-0.1, -0.05) is 0 Å². The van der Waals surface area contributed by atoms with Crippen molar-refractivity contribution >= 4 is 62.4 Å². The zero-order valence-electron chi connectivity index (χ0n) is 22.0. The number of thiophene rings is 2. The van der Waals surface area contributed by atoms with E-state index in [1.807, 2.05) is 13.3 Å². The van der Waals surface area contributed by atoms with E-state index in [-0.39, 0.29) is 0 Å². The van der Waals surface area contributed by atoms with Crippen molar-refractivity contribution in [2.24, 2.45) is 5.92 Å². The molecule has 32 heavy (non-hydrogen) atoms. The van der Waals surface area contributed by atoms with Crippen LogP contribution in [0.5, 0.6) is 0 Å². The molecule has 0 N–H and O–H groups in total. The van der Waals surface area contributed by atoms with Crippen molar-refractivity contribution in [3.8, 4) is 9.75 Å². The van der Waals surface area contributed by atoms with Crippen LogP contribution in [0.3, 0.4) is 0 Å². The molecule has 2 atom stereocenters. The summed E-state index contributed by atoms with van der Waals surface area (Å²) < 4.78 is 1.82. The molecule has 0 fully saturated rings. The second-order valence-corrected chi connectivity index (χ2v) is 33.3. The molecule has 0 spiro atoms. The Bertz CT molecular complexity index is 859. The molecule has 0 nitrogen and oxygen atoms in total. The van der Waals surface area contributed by atoms with Crippen LogP contribution in [-0.4, -0.2) is 26.5 Å². The van der Waals surface area contributed by atoms with Gasteiger partial charge in [-0.2, -0.15) is 0 Å². The first-order valence-corrected chi connectivity index (χ1v) is 27.6. The molecule has 0 amide bonds. The zero-order valence-corrected chi connectivity index (χ0v) is 27.5. The predicted molar refractivity (Wildman–Crippen MR) is 157 cm³/mol. The van der Waals surface area contributed by atoms with Gasteiger partial charge >= 0.3 is 214 Å². The third-order valence-electron chi connectivity index (χ3n) is 7.70. The molecule has 4 heteroatoms. The van der Waals surface area contributed by atoms with Gasteiger partial charge in [0.15, 0.2) is 0 Å². The van der Waals surface area contributed by atoms with Crippen LogP contribution in [0, 0.1) is 12.8 Å². The van der Waals surface area contributed by atoms with Gasteiger partial charge in [0.2, 0.25) is 0 Å². The molecule has 2 unspecified atom stereocenters. The summed E-state index contributed by atoms with van der Waals surface area (Å²) in [7, 11) is -1.66. The summed E-state index contributed by atoms with van der Waals surface area (Å²) in [5.74, 6) is 0.919. The van der Waals surface area contributed by atoms with Gasteiger partial charge in [-0.15, -0.1) is 0 Å². The van der Waals surface area contributed by atoms with Crippen molar-refractivity contribution < 1.29 is 0 Å². The topological polar surface area (TPSA) is 0 Å². The van der Waals surface area contributed by atoms with Crippen molar-refractivity contribution in [3.63, 3.8) is 0 Å². The van der Waals surface area contributed by atoms with E-state index in [0.29, 0.717) is 0 Å². The third kappa shape index (κ3) is 5.97. The Hall–Kier alpha value is 0.416. The van der Waals surface area contributed by atoms with Crippen molar-refractivity contribution in [1.82, 2.24) is 0 Å². The third-order valence-corrected chi connectivity index (χ3v) is 25.2. The van der Waals surface area contributed by atoms with Gasteiger partial charge in [-0.25, -0.2) is 0 Å². The van der Waals surface area contributed by atoms with Crippen molar-refractivity contribution in [2.45, 2.75) is 119 Å². The molecule has 0 saturated heterocycles. The maximum absolute atomic E-state index is 2.80. The molecule has 3 heterocycles. The van der Waals surface area contributed by atoms with Gasteiger partial charge in [-0.05, 0) is 0 Å². The second kappa shape index (κ2) is 11.9. The van der Waals surface area contributed by atoms with Crippen molar-refractivity contribution in [3.05, 3.63) is 17.0 Å². The summed E-state index contributed by atoms with van der Waals surface area (Å²) in [4.78, 5) is 12.8. The van der Waals surface area contributed by atoms with E-state index in [0.717, 1.165) is 5.92 Å². The van der Waals surface area contributed by atoms with Gasteiger partial charge in [0.25, 0.3) is 0 Å². The number of rotatable bonds is 14. The van der Waals surface area contributed by atoms with Crippen LogP contribution in [0.1, 0.15) is 89.9 Å². The molecule has 180 valence electrons. The van der Waals surface area contributed by atoms with Crippen LogP contribution in [-0.2, 0) is 0 Å². The van der Waals surface area contributed by atoms with E-state index in [1.165, 1.54) is 76.3 Å². The molecule has 0 saturated carbocycles. The van der Waals surface area contributed by atoms with Crippen LogP contribution in [0.2, 0.25) is 26.9 Å². The normalized spacial score (nSPS) is 18.7. The van der Waals surface area contributed by atoms with Crippen molar-refractivity contribution in [1.29, 1.82) is 0 Å². The standard InChI is InChI=1S/C25H39S2Si.3CH3.Sn/c1-5-8-10-11-12-13-17-28(19-21(7-3)14-9-6-2)22-15-16-26-24(22)25-23(28)18-20(4)27-25;;;;/h15,18,21H,5-14,17,19H2,1-4H3;3*1H3;. The first-order valence-electron chi connectivity index (χ1n) is 13.5. The number of fused-ring (bicyclic) bond motifs is 3. The molecular formula is C28H48S2SiSn. The second-order valence-electron chi connectivity index (χ2n) is 11.4. The molecular weight excluding hydrogens is 547 g/mol. The summed E-state index contributed by atoms with van der Waals surface area (Å²) in [6.45, 7) is 9.52. The monoisotopic (exact) mass is 596 g/mol. The van der Waals surface area contributed by atoms with E-state index in [4.69, 9.17) is 0 Å². The molecule has 0 radical (unpaired) electrons. The fraction of sp³-hybridized carbons (Fsp3) is 0.714. The number of unbranched alkanes of at least 4 members (excludes halogenated alkanes) is 6. The molecule has 1 aliphatic rings. The molecule has 0 aromatic carbocycles. The summed E-state index contributed by atoms with van der Waals surface area (Å²) in [5.41, 5.74) is 0. The fourth-order valence-electron chi connectivity index (χ4n) is 5.70. The van der Waals surface area contributed by atoms with Crippen LogP contribution >= 0.6 is 22.7 Å². The van der Waals surface area contributed by atoms with Crippen LogP contribution in [0.25, 0.3) is 9.75 Å². The molecule has 0 bridgehead atoms. The number of aryl methyl sites for hydroxylation is 1. The minimum absolute atomic E-state index is 0.919. The predicted octanol–water partition coefficient (Wildman–Crippen LogP) is 8.78. The summed E-state index contributed by atoms with van der Waals surface area (Å²) in [6, 6.07) is 8.48. The Kier molecular flexibility index (Phi) is 10.0. The van der Waals surface area contributed by atoms with E-state index < -0.39 is 26.5 Å². The first kappa shape index (κ1) is 27.0. The Morgan fingerprint density at radius 3 is 2.09 bits per heavy atom. The Morgan fingerprint density at radius 1 is 0.812 bits per heavy atom. The SMILES string of the molecule is CCCCCCCC[Si]1(CC(CC)CCCC)c2cc(C)sc2-c2s[c]([Sn]([CH3])([CH3])[CH3])cc21. The van der Waals surface area contributed by atoms with Gasteiger partial charge < -0.3 is 0 Å². The molecule has 0 aliphatic carbocycles. The summed E-state index contributed by atoms with van der Waals surface area (Å²) >= 11 is 2.28. The molecule has 1 aliphatic heterocycles. The Morgan fingerprint density at radius 2 is 1.44 bits per heavy atom. The van der Waals surface area contributed by atoms with E-state index >= 15 is 0 Å². The van der Waals surface area contributed by atoms with Crippen molar-refractivity contribution in [2.75, 3.05) is 0 Å². The van der Waals surface area contributed by atoms with Gasteiger partial charge in [-0.3, -0.25) is 0 Å². The summed E-state index contributed by atoms with van der Waals surface area (Å²) in [6.07, 6.45) is 14.1. The number of hydrogen-bond donors (Lipinski definition) is 0. The van der Waals surface area contributed by atoms with Crippen LogP contribution in [0.15, 0.2) is 12.1 Å². The maximum atomic E-state index is 2.80. The van der Waals surface area contributed by atoms with E-state index in [1.54, 1.807) is 14.6 Å². The van der Waals surface area contributed by atoms with Gasteiger partial charge in [0, 0.05) is 0 Å². The van der Waals surface area contributed by atoms with Gasteiger partial charge in [0.1, 0.15) is 0 Å². The molecule has 2 aromatic rings. The van der Waals surface area contributed by atoms with Gasteiger partial charge in [0.05, 0.1) is 0 Å². The average Bonchev–Trinajstić information content (AvgIpc) is 3.40. The fourth-order valence-corrected chi connectivity index (χ4v) is 21.2. The average molecular weight is 596 g/mol. The molecule has 3 rings (SSSR count). The minimum atomic E-state index is -2.07. The summed E-state index contributed by atoms with van der Waals surface area (Å²) in [5, 5.41) is 3.76. The number of hydrogen-bond acceptors (Lipinski definition) is 2. The Labute approximate surface area is 212 Å².